The Morgan fingerprint density at radius 1 is 1.30 bits per heavy atom. The summed E-state index contributed by atoms with van der Waals surface area (Å²) < 4.78 is 14.4. The minimum atomic E-state index is -0.472. The molecule has 2 atom stereocenters. The first kappa shape index (κ1) is 20.1. The number of hydrogen-bond donors (Lipinski definition) is 1. The van der Waals surface area contributed by atoms with Crippen LogP contribution in [0.3, 0.4) is 0 Å². The summed E-state index contributed by atoms with van der Waals surface area (Å²) in [6.07, 6.45) is 2.77. The van der Waals surface area contributed by atoms with Crippen LogP contribution >= 0.6 is 27.7 Å². The van der Waals surface area contributed by atoms with Crippen LogP contribution in [-0.4, -0.2) is 34.7 Å². The molecule has 2 aromatic rings. The standard InChI is InChI=1S/C19H22BrFN4OS/c1-12-5-13(2)9-25(8-12)17-7-19(23-11-22-17)27-10-18(26)24-16-4-3-14(20)6-15(16)21/h3-4,6-7,11-13H,5,8-10H2,1-2H3,(H,24,26)/t12-,13-/m0/s1. The van der Waals surface area contributed by atoms with E-state index in [0.29, 0.717) is 16.3 Å². The van der Waals surface area contributed by atoms with Crippen molar-refractivity contribution in [2.24, 2.45) is 11.8 Å². The summed E-state index contributed by atoms with van der Waals surface area (Å²) in [5.74, 6) is 1.56. The molecule has 27 heavy (non-hydrogen) atoms. The van der Waals surface area contributed by atoms with Crippen LogP contribution in [0.25, 0.3) is 0 Å². The van der Waals surface area contributed by atoms with Gasteiger partial charge in [-0.05, 0) is 36.5 Å². The molecule has 0 radical (unpaired) electrons. The zero-order chi connectivity index (χ0) is 19.4. The second-order valence-corrected chi connectivity index (χ2v) is 8.94. The fraction of sp³-hybridized carbons (Fsp3) is 0.421. The molecule has 1 aromatic carbocycles. The summed E-state index contributed by atoms with van der Waals surface area (Å²) >= 11 is 4.51. The van der Waals surface area contributed by atoms with E-state index in [1.54, 1.807) is 6.07 Å². The molecule has 0 spiro atoms. The Morgan fingerprint density at radius 3 is 2.74 bits per heavy atom. The zero-order valence-corrected chi connectivity index (χ0v) is 17.7. The van der Waals surface area contributed by atoms with E-state index in [-0.39, 0.29) is 17.3 Å². The average Bonchev–Trinajstić information content (AvgIpc) is 2.62. The number of anilines is 2. The van der Waals surface area contributed by atoms with Gasteiger partial charge in [0.2, 0.25) is 5.91 Å². The van der Waals surface area contributed by atoms with Gasteiger partial charge in [-0.2, -0.15) is 0 Å². The quantitative estimate of drug-likeness (QED) is 0.530. The number of nitrogens with one attached hydrogen (secondary N) is 1. The normalized spacial score (nSPS) is 19.8. The van der Waals surface area contributed by atoms with Crippen molar-refractivity contribution in [3.63, 3.8) is 0 Å². The Morgan fingerprint density at radius 2 is 2.04 bits per heavy atom. The maximum absolute atomic E-state index is 13.8. The van der Waals surface area contributed by atoms with E-state index in [9.17, 15) is 9.18 Å². The van der Waals surface area contributed by atoms with Crippen molar-refractivity contribution >= 4 is 45.1 Å². The molecule has 0 unspecified atom stereocenters. The fourth-order valence-electron chi connectivity index (χ4n) is 3.35. The second-order valence-electron chi connectivity index (χ2n) is 7.03. The number of benzene rings is 1. The minimum Gasteiger partial charge on any atom is -0.356 e. The van der Waals surface area contributed by atoms with E-state index in [1.807, 2.05) is 6.07 Å². The Hall–Kier alpha value is -1.67. The summed E-state index contributed by atoms with van der Waals surface area (Å²) in [6.45, 7) is 6.47. The first-order valence-corrected chi connectivity index (χ1v) is 10.6. The van der Waals surface area contributed by atoms with E-state index in [1.165, 1.54) is 36.6 Å². The molecule has 1 aromatic heterocycles. The monoisotopic (exact) mass is 452 g/mol. The Balaban J connectivity index is 1.58. The van der Waals surface area contributed by atoms with E-state index in [4.69, 9.17) is 0 Å². The molecule has 1 fully saturated rings. The van der Waals surface area contributed by atoms with Gasteiger partial charge in [0.25, 0.3) is 0 Å². The van der Waals surface area contributed by atoms with Gasteiger partial charge in [-0.3, -0.25) is 4.79 Å². The first-order chi connectivity index (χ1) is 12.9. The van der Waals surface area contributed by atoms with E-state index >= 15 is 0 Å². The third-order valence-electron chi connectivity index (χ3n) is 4.38. The number of aromatic nitrogens is 2. The Bertz CT molecular complexity index is 812. The lowest BCUT2D eigenvalue weighted by atomic mass is 9.92. The number of thioether (sulfide) groups is 1. The van der Waals surface area contributed by atoms with Gasteiger partial charge in [-0.15, -0.1) is 0 Å². The van der Waals surface area contributed by atoms with Gasteiger partial charge in [0.15, 0.2) is 0 Å². The Labute approximate surface area is 171 Å². The first-order valence-electron chi connectivity index (χ1n) is 8.85. The van der Waals surface area contributed by atoms with Crippen molar-refractivity contribution in [3.8, 4) is 0 Å². The van der Waals surface area contributed by atoms with Crippen LogP contribution in [0.15, 0.2) is 40.1 Å². The lowest BCUT2D eigenvalue weighted by molar-refractivity contribution is -0.113. The number of hydrogen-bond acceptors (Lipinski definition) is 5. The van der Waals surface area contributed by atoms with Gasteiger partial charge in [0.1, 0.15) is 23.0 Å². The number of carbonyl (C=O) groups excluding carboxylic acids is 1. The highest BCUT2D eigenvalue weighted by atomic mass is 79.9. The minimum absolute atomic E-state index is 0.152. The third-order valence-corrected chi connectivity index (χ3v) is 5.80. The fourth-order valence-corrected chi connectivity index (χ4v) is 4.34. The highest BCUT2D eigenvalue weighted by molar-refractivity contribution is 9.10. The zero-order valence-electron chi connectivity index (χ0n) is 15.3. The molecule has 144 valence electrons. The predicted molar refractivity (Wildman–Crippen MR) is 111 cm³/mol. The number of nitrogens with zero attached hydrogens (tertiary/aromatic N) is 3. The Kier molecular flexibility index (Phi) is 6.70. The maximum Gasteiger partial charge on any atom is 0.234 e. The van der Waals surface area contributed by atoms with Crippen LogP contribution < -0.4 is 10.2 Å². The molecule has 1 aliphatic heterocycles. The molecule has 1 N–H and O–H groups in total. The van der Waals surface area contributed by atoms with Crippen molar-refractivity contribution < 1.29 is 9.18 Å². The molecular formula is C19H22BrFN4OS. The van der Waals surface area contributed by atoms with E-state index in [0.717, 1.165) is 23.9 Å². The summed E-state index contributed by atoms with van der Waals surface area (Å²) in [4.78, 5) is 23.0. The van der Waals surface area contributed by atoms with Crippen molar-refractivity contribution in [3.05, 3.63) is 40.9 Å². The predicted octanol–water partition coefficient (Wildman–Crippen LogP) is 4.59. The van der Waals surface area contributed by atoms with E-state index < -0.39 is 5.82 Å². The molecule has 2 heterocycles. The molecule has 8 heteroatoms. The molecule has 0 aliphatic carbocycles. The van der Waals surface area contributed by atoms with Crippen LogP contribution in [0, 0.1) is 17.7 Å². The molecule has 1 aliphatic rings. The van der Waals surface area contributed by atoms with Gasteiger partial charge in [-0.1, -0.05) is 41.5 Å². The van der Waals surface area contributed by atoms with Gasteiger partial charge in [0, 0.05) is 23.6 Å². The highest BCUT2D eigenvalue weighted by Crippen LogP contribution is 2.27. The van der Waals surface area contributed by atoms with Crippen LogP contribution in [0.4, 0.5) is 15.9 Å². The summed E-state index contributed by atoms with van der Waals surface area (Å²) in [5, 5.41) is 3.32. The number of rotatable bonds is 5. The number of halogens is 2. The van der Waals surface area contributed by atoms with Gasteiger partial charge in [0.05, 0.1) is 11.4 Å². The van der Waals surface area contributed by atoms with Crippen molar-refractivity contribution in [2.45, 2.75) is 25.3 Å². The third kappa shape index (κ3) is 5.65. The lowest BCUT2D eigenvalue weighted by Crippen LogP contribution is -2.39. The maximum atomic E-state index is 13.8. The smallest absolute Gasteiger partial charge is 0.234 e. The molecule has 1 saturated heterocycles. The second kappa shape index (κ2) is 9.01. The summed E-state index contributed by atoms with van der Waals surface area (Å²) in [6, 6.07) is 6.45. The molecule has 0 saturated carbocycles. The van der Waals surface area contributed by atoms with Gasteiger partial charge in [-0.25, -0.2) is 14.4 Å². The van der Waals surface area contributed by atoms with Crippen molar-refractivity contribution in [2.75, 3.05) is 29.1 Å². The topological polar surface area (TPSA) is 58.1 Å². The van der Waals surface area contributed by atoms with Crippen LogP contribution in [-0.2, 0) is 4.79 Å². The van der Waals surface area contributed by atoms with Crippen LogP contribution in [0.2, 0.25) is 0 Å². The number of amides is 1. The lowest BCUT2D eigenvalue weighted by Gasteiger charge is -2.35. The molecule has 1 amide bonds. The molecule has 3 rings (SSSR count). The van der Waals surface area contributed by atoms with Crippen LogP contribution in [0.5, 0.6) is 0 Å². The summed E-state index contributed by atoms with van der Waals surface area (Å²) in [5.41, 5.74) is 0.170. The van der Waals surface area contributed by atoms with Crippen molar-refractivity contribution in [1.82, 2.24) is 9.97 Å². The van der Waals surface area contributed by atoms with Gasteiger partial charge < -0.3 is 10.2 Å². The number of carbonyl (C=O) groups is 1. The number of piperidine rings is 1. The SMILES string of the molecule is C[C@H]1C[C@H](C)CN(c2cc(SCC(=O)Nc3ccc(Br)cc3F)ncn2)C1. The highest BCUT2D eigenvalue weighted by Gasteiger charge is 2.23. The molecule has 0 bridgehead atoms. The largest absolute Gasteiger partial charge is 0.356 e. The average molecular weight is 453 g/mol. The molecule has 5 nitrogen and oxygen atoms in total. The van der Waals surface area contributed by atoms with Crippen LogP contribution in [0.1, 0.15) is 20.3 Å². The van der Waals surface area contributed by atoms with E-state index in [2.05, 4.69) is 50.0 Å². The summed E-state index contributed by atoms with van der Waals surface area (Å²) in [7, 11) is 0. The van der Waals surface area contributed by atoms with Gasteiger partial charge >= 0.3 is 0 Å². The molecular weight excluding hydrogens is 431 g/mol. The van der Waals surface area contributed by atoms with Crippen molar-refractivity contribution in [1.29, 1.82) is 0 Å².